The molecule has 5 heteroatoms. The van der Waals surface area contributed by atoms with Crippen molar-refractivity contribution in [3.63, 3.8) is 0 Å². The highest BCUT2D eigenvalue weighted by molar-refractivity contribution is 5.89. The van der Waals surface area contributed by atoms with Crippen molar-refractivity contribution in [2.75, 3.05) is 11.9 Å². The number of nitrogens with zero attached hydrogens (tertiary/aromatic N) is 1. The maximum atomic E-state index is 11.7. The number of anilines is 1. The van der Waals surface area contributed by atoms with Crippen molar-refractivity contribution in [2.45, 2.75) is 44.9 Å². The minimum absolute atomic E-state index is 0.00125. The molecule has 0 atom stereocenters. The van der Waals surface area contributed by atoms with E-state index in [-0.39, 0.29) is 11.8 Å². The van der Waals surface area contributed by atoms with Gasteiger partial charge in [-0.15, -0.1) is 24.7 Å². The molecule has 0 unspecified atom stereocenters. The Kier molecular flexibility index (Phi) is 9.42. The molecule has 0 radical (unpaired) electrons. The fourth-order valence-corrected chi connectivity index (χ4v) is 2.04. The highest BCUT2D eigenvalue weighted by Gasteiger charge is 2.05. The van der Waals surface area contributed by atoms with Gasteiger partial charge in [0.2, 0.25) is 11.8 Å². The summed E-state index contributed by atoms with van der Waals surface area (Å²) in [5.74, 6) is 5.43. The monoisotopic (exact) mass is 325 g/mol. The maximum Gasteiger partial charge on any atom is 0.225 e. The average molecular weight is 325 g/mol. The van der Waals surface area contributed by atoms with E-state index in [2.05, 4.69) is 27.5 Å². The predicted molar refractivity (Wildman–Crippen MR) is 94.9 cm³/mol. The van der Waals surface area contributed by atoms with Crippen molar-refractivity contribution >= 4 is 17.6 Å². The lowest BCUT2D eigenvalue weighted by Gasteiger charge is -2.07. The maximum absolute atomic E-state index is 11.7. The van der Waals surface area contributed by atoms with Gasteiger partial charge in [0.1, 0.15) is 5.82 Å². The minimum atomic E-state index is -0.100. The van der Waals surface area contributed by atoms with Crippen molar-refractivity contribution in [3.05, 3.63) is 23.9 Å². The van der Waals surface area contributed by atoms with E-state index < -0.39 is 0 Å². The first-order valence-corrected chi connectivity index (χ1v) is 8.04. The molecule has 0 aliphatic carbocycles. The van der Waals surface area contributed by atoms with Crippen molar-refractivity contribution < 1.29 is 9.59 Å². The number of hydrogen-bond donors (Lipinski definition) is 2. The molecule has 0 fully saturated rings. The van der Waals surface area contributed by atoms with Crippen LogP contribution in [0.3, 0.4) is 0 Å². The molecule has 0 aliphatic rings. The lowest BCUT2D eigenvalue weighted by Crippen LogP contribution is -2.25. The number of aromatic nitrogens is 1. The molecule has 0 saturated carbocycles. The number of nitrogens with one attached hydrogen (secondary N) is 2. The Hall–Kier alpha value is -2.79. The molecule has 24 heavy (non-hydrogen) atoms. The number of unbranched alkanes of at least 4 members (excludes halogenated alkanes) is 2. The zero-order chi connectivity index (χ0) is 17.6. The van der Waals surface area contributed by atoms with Crippen LogP contribution in [-0.2, 0) is 16.0 Å². The molecular weight excluding hydrogens is 302 g/mol. The molecule has 2 N–H and O–H groups in total. The third-order valence-corrected chi connectivity index (χ3v) is 3.28. The zero-order valence-corrected chi connectivity index (χ0v) is 13.8. The second-order valence-electron chi connectivity index (χ2n) is 5.31. The summed E-state index contributed by atoms with van der Waals surface area (Å²) in [6.07, 6.45) is 16.0. The molecule has 1 rings (SSSR count). The van der Waals surface area contributed by atoms with Crippen LogP contribution >= 0.6 is 0 Å². The number of rotatable bonds is 10. The van der Waals surface area contributed by atoms with E-state index in [1.807, 2.05) is 12.1 Å². The molecule has 0 spiro atoms. The van der Waals surface area contributed by atoms with Gasteiger partial charge in [0, 0.05) is 38.4 Å². The lowest BCUT2D eigenvalue weighted by molar-refractivity contribution is -0.121. The van der Waals surface area contributed by atoms with E-state index >= 15 is 0 Å². The smallest absolute Gasteiger partial charge is 0.225 e. The number of carbonyl (C=O) groups excluding carboxylic acids is 2. The van der Waals surface area contributed by atoms with Crippen LogP contribution in [0.4, 0.5) is 5.82 Å². The Morgan fingerprint density at radius 2 is 1.75 bits per heavy atom. The Morgan fingerprint density at radius 1 is 1.08 bits per heavy atom. The van der Waals surface area contributed by atoms with Gasteiger partial charge in [-0.1, -0.05) is 0 Å². The minimum Gasteiger partial charge on any atom is -0.356 e. The van der Waals surface area contributed by atoms with Crippen LogP contribution in [0.1, 0.15) is 44.1 Å². The molecule has 0 saturated heterocycles. The number of hydrogen-bond acceptors (Lipinski definition) is 3. The van der Waals surface area contributed by atoms with Crippen LogP contribution in [0.15, 0.2) is 18.3 Å². The number of amides is 2. The van der Waals surface area contributed by atoms with Gasteiger partial charge in [0.15, 0.2) is 0 Å². The molecule has 0 aliphatic heterocycles. The van der Waals surface area contributed by atoms with Gasteiger partial charge in [-0.2, -0.15) is 0 Å². The quantitative estimate of drug-likeness (QED) is 0.512. The summed E-state index contributed by atoms with van der Waals surface area (Å²) in [6.45, 7) is 0.536. The number of pyridine rings is 1. The molecule has 126 valence electrons. The molecular formula is C19H23N3O2. The van der Waals surface area contributed by atoms with Gasteiger partial charge in [-0.3, -0.25) is 9.59 Å². The first-order chi connectivity index (χ1) is 11.7. The van der Waals surface area contributed by atoms with Crippen molar-refractivity contribution in [2.24, 2.45) is 0 Å². The van der Waals surface area contributed by atoms with Crippen LogP contribution in [-0.4, -0.2) is 23.3 Å². The van der Waals surface area contributed by atoms with Crippen LogP contribution in [0.5, 0.6) is 0 Å². The third-order valence-electron chi connectivity index (χ3n) is 3.28. The highest BCUT2D eigenvalue weighted by Crippen LogP contribution is 2.08. The number of terminal acetylenes is 2. The molecule has 2 amide bonds. The predicted octanol–water partition coefficient (Wildman–Crippen LogP) is 2.29. The Bertz CT molecular complexity index is 626. The summed E-state index contributed by atoms with van der Waals surface area (Å²) in [5.41, 5.74) is 0.993. The molecule has 1 aromatic heterocycles. The summed E-state index contributed by atoms with van der Waals surface area (Å²) in [6, 6.07) is 3.67. The fourth-order valence-electron chi connectivity index (χ4n) is 2.04. The normalized spacial score (nSPS) is 9.58. The van der Waals surface area contributed by atoms with E-state index in [0.29, 0.717) is 57.3 Å². The SMILES string of the molecule is C#CCCCC(=O)NCCc1ccnc(NC(=O)CCCC#C)c1. The van der Waals surface area contributed by atoms with E-state index in [1.54, 1.807) is 6.20 Å². The topological polar surface area (TPSA) is 71.1 Å². The van der Waals surface area contributed by atoms with E-state index in [4.69, 9.17) is 12.8 Å². The standard InChI is InChI=1S/C19H23N3O2/c1-3-5-7-9-18(23)21-14-12-16-11-13-20-17(15-16)22-19(24)10-8-6-4-2/h1-2,11,13,15H,5-10,12,14H2,(H,21,23)(H,20,22,24). The Balaban J connectivity index is 2.35. The van der Waals surface area contributed by atoms with Crippen molar-refractivity contribution in [1.29, 1.82) is 0 Å². The highest BCUT2D eigenvalue weighted by atomic mass is 16.2. The summed E-state index contributed by atoms with van der Waals surface area (Å²) >= 11 is 0. The summed E-state index contributed by atoms with van der Waals surface area (Å²) in [7, 11) is 0. The summed E-state index contributed by atoms with van der Waals surface area (Å²) < 4.78 is 0. The van der Waals surface area contributed by atoms with Gasteiger partial charge in [0.25, 0.3) is 0 Å². The molecule has 0 aromatic carbocycles. The fraction of sp³-hybridized carbons (Fsp3) is 0.421. The Labute approximate surface area is 143 Å². The molecule has 1 aromatic rings. The van der Waals surface area contributed by atoms with E-state index in [1.165, 1.54) is 0 Å². The number of carbonyl (C=O) groups is 2. The van der Waals surface area contributed by atoms with Gasteiger partial charge in [-0.05, 0) is 37.0 Å². The van der Waals surface area contributed by atoms with Crippen LogP contribution in [0.2, 0.25) is 0 Å². The summed E-state index contributed by atoms with van der Waals surface area (Å²) in [5, 5.41) is 5.60. The Morgan fingerprint density at radius 3 is 2.42 bits per heavy atom. The average Bonchev–Trinajstić information content (AvgIpc) is 2.56. The van der Waals surface area contributed by atoms with Crippen molar-refractivity contribution in [3.8, 4) is 24.7 Å². The zero-order valence-electron chi connectivity index (χ0n) is 13.8. The van der Waals surface area contributed by atoms with Gasteiger partial charge < -0.3 is 10.6 Å². The van der Waals surface area contributed by atoms with Crippen molar-refractivity contribution in [1.82, 2.24) is 10.3 Å². The lowest BCUT2D eigenvalue weighted by atomic mass is 10.2. The molecule has 1 heterocycles. The van der Waals surface area contributed by atoms with Gasteiger partial charge >= 0.3 is 0 Å². The second-order valence-corrected chi connectivity index (χ2v) is 5.31. The third kappa shape index (κ3) is 8.60. The molecule has 0 bridgehead atoms. The van der Waals surface area contributed by atoms with Crippen LogP contribution in [0.25, 0.3) is 0 Å². The van der Waals surface area contributed by atoms with E-state index in [9.17, 15) is 9.59 Å². The second kappa shape index (κ2) is 11.7. The first-order valence-electron chi connectivity index (χ1n) is 8.04. The van der Waals surface area contributed by atoms with Gasteiger partial charge in [-0.25, -0.2) is 4.98 Å². The summed E-state index contributed by atoms with van der Waals surface area (Å²) in [4.78, 5) is 27.4. The largest absolute Gasteiger partial charge is 0.356 e. The molecule has 5 nitrogen and oxygen atoms in total. The van der Waals surface area contributed by atoms with E-state index in [0.717, 1.165) is 5.56 Å². The van der Waals surface area contributed by atoms with Crippen LogP contribution in [0, 0.1) is 24.7 Å². The van der Waals surface area contributed by atoms with Crippen LogP contribution < -0.4 is 10.6 Å². The first kappa shape index (κ1) is 19.3. The van der Waals surface area contributed by atoms with Gasteiger partial charge in [0.05, 0.1) is 0 Å².